The Bertz CT molecular complexity index is 393. The Hall–Kier alpha value is -1.16. The molecule has 0 aromatic carbocycles. The maximum Gasteiger partial charge on any atom is 0.147 e. The number of piperidine rings is 1. The largest absolute Gasteiger partial charge is 0.352 e. The normalized spacial score (nSPS) is 28.2. The number of anilines is 1. The smallest absolute Gasteiger partial charge is 0.147 e. The number of fused-ring (bicyclic) bond motifs is 1. The van der Waals surface area contributed by atoms with Crippen LogP contribution in [0.2, 0.25) is 0 Å². The van der Waals surface area contributed by atoms with Crippen molar-refractivity contribution in [1.29, 1.82) is 0 Å². The molecular formula is C13H20N4. The van der Waals surface area contributed by atoms with E-state index in [1.807, 2.05) is 6.20 Å². The number of rotatable bonds is 2. The Morgan fingerprint density at radius 2 is 2.12 bits per heavy atom. The molecule has 2 aliphatic rings. The van der Waals surface area contributed by atoms with Gasteiger partial charge < -0.3 is 10.6 Å². The molecule has 92 valence electrons. The summed E-state index contributed by atoms with van der Waals surface area (Å²) in [6.45, 7) is 1.60. The summed E-state index contributed by atoms with van der Waals surface area (Å²) in [5.74, 6) is 1.91. The van der Waals surface area contributed by atoms with Gasteiger partial charge in [-0.05, 0) is 31.6 Å². The lowest BCUT2D eigenvalue weighted by molar-refractivity contribution is 0.360. The molecule has 3 rings (SSSR count). The highest BCUT2D eigenvalue weighted by molar-refractivity contribution is 5.39. The summed E-state index contributed by atoms with van der Waals surface area (Å²) in [5.41, 5.74) is 6.53. The summed E-state index contributed by atoms with van der Waals surface area (Å²) in [4.78, 5) is 11.3. The third-order valence-electron chi connectivity index (χ3n) is 4.17. The van der Waals surface area contributed by atoms with Crippen molar-refractivity contribution in [3.8, 4) is 0 Å². The first kappa shape index (κ1) is 11.0. The van der Waals surface area contributed by atoms with Crippen LogP contribution in [0.1, 0.15) is 37.8 Å². The molecule has 2 atom stereocenters. The molecule has 0 amide bonds. The van der Waals surface area contributed by atoms with E-state index < -0.39 is 0 Å². The Labute approximate surface area is 102 Å². The lowest BCUT2D eigenvalue weighted by Gasteiger charge is -2.38. The van der Waals surface area contributed by atoms with Gasteiger partial charge >= 0.3 is 0 Å². The van der Waals surface area contributed by atoms with Crippen molar-refractivity contribution in [3.63, 3.8) is 0 Å². The second kappa shape index (κ2) is 4.61. The van der Waals surface area contributed by atoms with Gasteiger partial charge in [-0.25, -0.2) is 4.98 Å². The van der Waals surface area contributed by atoms with Gasteiger partial charge in [-0.15, -0.1) is 0 Å². The van der Waals surface area contributed by atoms with Crippen LogP contribution in [0.25, 0.3) is 0 Å². The number of nitrogens with zero attached hydrogens (tertiary/aromatic N) is 3. The Balaban J connectivity index is 1.86. The van der Waals surface area contributed by atoms with Gasteiger partial charge in [-0.3, -0.25) is 4.98 Å². The molecule has 2 N–H and O–H groups in total. The summed E-state index contributed by atoms with van der Waals surface area (Å²) in [6.07, 6.45) is 10.4. The minimum atomic E-state index is 0.475. The molecule has 17 heavy (non-hydrogen) atoms. The van der Waals surface area contributed by atoms with Crippen LogP contribution in [0, 0.1) is 5.92 Å². The third-order valence-corrected chi connectivity index (χ3v) is 4.17. The van der Waals surface area contributed by atoms with Crippen LogP contribution in [0.15, 0.2) is 12.4 Å². The van der Waals surface area contributed by atoms with Gasteiger partial charge in [0.2, 0.25) is 0 Å². The first-order valence-electron chi connectivity index (χ1n) is 6.66. The molecule has 2 heterocycles. The first-order chi connectivity index (χ1) is 8.38. The van der Waals surface area contributed by atoms with Crippen LogP contribution in [-0.2, 0) is 6.54 Å². The molecule has 2 fully saturated rings. The number of nitrogens with two attached hydrogens (primary N) is 1. The summed E-state index contributed by atoms with van der Waals surface area (Å²) in [6, 6.07) is 0.700. The molecule has 1 aromatic rings. The van der Waals surface area contributed by atoms with Crippen molar-refractivity contribution in [1.82, 2.24) is 9.97 Å². The summed E-state index contributed by atoms with van der Waals surface area (Å²) < 4.78 is 0. The van der Waals surface area contributed by atoms with Crippen LogP contribution >= 0.6 is 0 Å². The zero-order valence-electron chi connectivity index (χ0n) is 10.2. The van der Waals surface area contributed by atoms with Crippen LogP contribution in [0.4, 0.5) is 5.82 Å². The van der Waals surface area contributed by atoms with E-state index in [1.54, 1.807) is 6.20 Å². The summed E-state index contributed by atoms with van der Waals surface area (Å²) in [7, 11) is 0. The average Bonchev–Trinajstić information content (AvgIpc) is 2.87. The van der Waals surface area contributed by atoms with Gasteiger partial charge in [0.15, 0.2) is 0 Å². The predicted molar refractivity (Wildman–Crippen MR) is 67.6 cm³/mol. The van der Waals surface area contributed by atoms with E-state index in [4.69, 9.17) is 5.73 Å². The van der Waals surface area contributed by atoms with E-state index in [-0.39, 0.29) is 0 Å². The van der Waals surface area contributed by atoms with E-state index in [1.165, 1.54) is 32.1 Å². The van der Waals surface area contributed by atoms with Gasteiger partial charge in [-0.1, -0.05) is 6.42 Å². The standard InChI is InChI=1S/C13H20N4/c14-7-11-8-15-9-13(16-11)17-6-2-4-10-3-1-5-12(10)17/h8-10,12H,1-7,14H2. The second-order valence-electron chi connectivity index (χ2n) is 5.17. The highest BCUT2D eigenvalue weighted by Crippen LogP contribution is 2.38. The molecule has 1 aliphatic carbocycles. The SMILES string of the molecule is NCc1cncc(N2CCCC3CCCC32)n1. The molecule has 1 saturated heterocycles. The van der Waals surface area contributed by atoms with Gasteiger partial charge in [0.05, 0.1) is 11.9 Å². The third kappa shape index (κ3) is 2.02. The molecule has 4 nitrogen and oxygen atoms in total. The summed E-state index contributed by atoms with van der Waals surface area (Å²) >= 11 is 0. The van der Waals surface area contributed by atoms with E-state index in [0.717, 1.165) is 24.0 Å². The molecule has 1 aliphatic heterocycles. The van der Waals surface area contributed by atoms with Crippen molar-refractivity contribution >= 4 is 5.82 Å². The predicted octanol–water partition coefficient (Wildman–Crippen LogP) is 1.70. The van der Waals surface area contributed by atoms with Gasteiger partial charge in [-0.2, -0.15) is 0 Å². The minimum Gasteiger partial charge on any atom is -0.352 e. The van der Waals surface area contributed by atoms with Gasteiger partial charge in [0.1, 0.15) is 5.82 Å². The maximum atomic E-state index is 5.63. The Morgan fingerprint density at radius 3 is 3.00 bits per heavy atom. The Kier molecular flexibility index (Phi) is 2.97. The molecular weight excluding hydrogens is 212 g/mol. The molecule has 0 radical (unpaired) electrons. The Morgan fingerprint density at radius 1 is 1.24 bits per heavy atom. The van der Waals surface area contributed by atoms with Crippen molar-refractivity contribution in [2.45, 2.75) is 44.7 Å². The molecule has 4 heteroatoms. The molecule has 2 unspecified atom stereocenters. The van der Waals surface area contributed by atoms with Crippen molar-refractivity contribution in [3.05, 3.63) is 18.1 Å². The van der Waals surface area contributed by atoms with Crippen LogP contribution in [0.5, 0.6) is 0 Å². The van der Waals surface area contributed by atoms with E-state index in [2.05, 4.69) is 14.9 Å². The van der Waals surface area contributed by atoms with Gasteiger partial charge in [0, 0.05) is 25.3 Å². The highest BCUT2D eigenvalue weighted by atomic mass is 15.2. The highest BCUT2D eigenvalue weighted by Gasteiger charge is 2.35. The fourth-order valence-electron chi connectivity index (χ4n) is 3.37. The van der Waals surface area contributed by atoms with Crippen LogP contribution < -0.4 is 10.6 Å². The van der Waals surface area contributed by atoms with E-state index >= 15 is 0 Å². The topological polar surface area (TPSA) is 55.0 Å². The fraction of sp³-hybridized carbons (Fsp3) is 0.692. The van der Waals surface area contributed by atoms with Gasteiger partial charge in [0.25, 0.3) is 0 Å². The molecule has 0 bridgehead atoms. The number of hydrogen-bond acceptors (Lipinski definition) is 4. The quantitative estimate of drug-likeness (QED) is 0.843. The zero-order chi connectivity index (χ0) is 11.7. The van der Waals surface area contributed by atoms with Crippen molar-refractivity contribution in [2.24, 2.45) is 11.7 Å². The maximum absolute atomic E-state index is 5.63. The molecule has 0 spiro atoms. The average molecular weight is 232 g/mol. The number of aromatic nitrogens is 2. The van der Waals surface area contributed by atoms with Crippen LogP contribution in [0.3, 0.4) is 0 Å². The van der Waals surface area contributed by atoms with E-state index in [9.17, 15) is 0 Å². The second-order valence-corrected chi connectivity index (χ2v) is 5.17. The monoisotopic (exact) mass is 232 g/mol. The van der Waals surface area contributed by atoms with Crippen LogP contribution in [-0.4, -0.2) is 22.6 Å². The molecule has 1 saturated carbocycles. The molecule has 1 aromatic heterocycles. The fourth-order valence-corrected chi connectivity index (χ4v) is 3.37. The van der Waals surface area contributed by atoms with Crippen molar-refractivity contribution in [2.75, 3.05) is 11.4 Å². The summed E-state index contributed by atoms with van der Waals surface area (Å²) in [5, 5.41) is 0. The minimum absolute atomic E-state index is 0.475. The van der Waals surface area contributed by atoms with E-state index in [0.29, 0.717) is 12.6 Å². The lowest BCUT2D eigenvalue weighted by atomic mass is 9.92. The van der Waals surface area contributed by atoms with Crippen molar-refractivity contribution < 1.29 is 0 Å². The lowest BCUT2D eigenvalue weighted by Crippen LogP contribution is -2.43. The number of hydrogen-bond donors (Lipinski definition) is 1. The zero-order valence-corrected chi connectivity index (χ0v) is 10.2. The first-order valence-corrected chi connectivity index (χ1v) is 6.66.